The van der Waals surface area contributed by atoms with Gasteiger partial charge in [0.1, 0.15) is 6.33 Å². The van der Waals surface area contributed by atoms with Gasteiger partial charge in [-0.15, -0.1) is 34.2 Å². The number of benzene rings is 1. The van der Waals surface area contributed by atoms with Crippen LogP contribution in [0.1, 0.15) is 23.9 Å². The molecule has 2 aromatic rings. The third kappa shape index (κ3) is 5.49. The van der Waals surface area contributed by atoms with Gasteiger partial charge in [0.15, 0.2) is 11.8 Å². The number of hydrogen-bond donors (Lipinski definition) is 1. The molecular weight excluding hydrogens is 403 g/mol. The minimum absolute atomic E-state index is 0. The largest absolute Gasteiger partial charge is 0.349 e. The minimum Gasteiger partial charge on any atom is -0.349 e. The molecule has 0 aliphatic carbocycles. The molecule has 2 rings (SSSR count). The lowest BCUT2D eigenvalue weighted by Gasteiger charge is -2.22. The zero-order valence-corrected chi connectivity index (χ0v) is 16.5. The quantitative estimate of drug-likeness (QED) is 0.452. The third-order valence-electron chi connectivity index (χ3n) is 3.55. The molecule has 0 spiro atoms. The molecule has 23 heavy (non-hydrogen) atoms. The van der Waals surface area contributed by atoms with Crippen molar-refractivity contribution in [3.05, 3.63) is 47.5 Å². The Labute approximate surface area is 155 Å². The van der Waals surface area contributed by atoms with Crippen molar-refractivity contribution in [2.24, 2.45) is 4.99 Å². The molecule has 7 heteroatoms. The second-order valence-corrected chi connectivity index (χ2v) is 5.28. The van der Waals surface area contributed by atoms with Crippen molar-refractivity contribution in [1.82, 2.24) is 25.0 Å². The van der Waals surface area contributed by atoms with Crippen LogP contribution in [0.15, 0.2) is 35.6 Å². The molecule has 0 saturated heterocycles. The molecule has 0 atom stereocenters. The second-order valence-electron chi connectivity index (χ2n) is 5.28. The molecule has 1 N–H and O–H groups in total. The molecule has 0 bridgehead atoms. The summed E-state index contributed by atoms with van der Waals surface area (Å²) in [6.45, 7) is 6.45. The Morgan fingerprint density at radius 3 is 2.61 bits per heavy atom. The summed E-state index contributed by atoms with van der Waals surface area (Å²) < 4.78 is 2.01. The average Bonchev–Trinajstić information content (AvgIpc) is 2.98. The molecule has 0 aliphatic rings. The maximum absolute atomic E-state index is 4.33. The van der Waals surface area contributed by atoms with Crippen LogP contribution in [0.3, 0.4) is 0 Å². The normalized spacial score (nSPS) is 11.0. The molecule has 6 nitrogen and oxygen atoms in total. The number of guanidine groups is 1. The number of aryl methyl sites for hydroxylation is 2. The molecule has 1 aromatic heterocycles. The molecule has 0 fully saturated rings. The van der Waals surface area contributed by atoms with Gasteiger partial charge >= 0.3 is 0 Å². The first-order valence-electron chi connectivity index (χ1n) is 7.48. The van der Waals surface area contributed by atoms with Gasteiger partial charge in [0.25, 0.3) is 0 Å². The second kappa shape index (κ2) is 9.49. The summed E-state index contributed by atoms with van der Waals surface area (Å²) in [6.07, 6.45) is 1.75. The van der Waals surface area contributed by atoms with E-state index in [1.54, 1.807) is 13.4 Å². The predicted octanol–water partition coefficient (Wildman–Crippen LogP) is 2.43. The van der Waals surface area contributed by atoms with E-state index < -0.39 is 0 Å². The number of nitrogens with one attached hydrogen (secondary N) is 1. The van der Waals surface area contributed by atoms with E-state index in [1.807, 2.05) is 11.6 Å². The number of aromatic nitrogens is 3. The number of hydrogen-bond acceptors (Lipinski definition) is 3. The van der Waals surface area contributed by atoms with Crippen molar-refractivity contribution in [3.8, 4) is 0 Å². The standard InChI is InChI=1S/C16H24N6.HI/c1-5-22-12-19-20-15(22)10-18-16(17-3)21(4)11-14-8-6-13(2)7-9-14;/h6-9,12H,5,10-11H2,1-4H3,(H,17,18);1H. The van der Waals surface area contributed by atoms with E-state index in [9.17, 15) is 0 Å². The van der Waals surface area contributed by atoms with Gasteiger partial charge in [-0.2, -0.15) is 0 Å². The van der Waals surface area contributed by atoms with Gasteiger partial charge in [-0.3, -0.25) is 4.99 Å². The fourth-order valence-corrected chi connectivity index (χ4v) is 2.27. The van der Waals surface area contributed by atoms with Gasteiger partial charge in [0.2, 0.25) is 0 Å². The lowest BCUT2D eigenvalue weighted by atomic mass is 10.1. The van der Waals surface area contributed by atoms with Gasteiger partial charge in [0.05, 0.1) is 6.54 Å². The number of nitrogens with zero attached hydrogens (tertiary/aromatic N) is 5. The van der Waals surface area contributed by atoms with Crippen molar-refractivity contribution in [1.29, 1.82) is 0 Å². The summed E-state index contributed by atoms with van der Waals surface area (Å²) in [5.74, 6) is 1.75. The smallest absolute Gasteiger partial charge is 0.194 e. The van der Waals surface area contributed by atoms with E-state index in [2.05, 4.69) is 63.5 Å². The topological polar surface area (TPSA) is 58.3 Å². The molecule has 0 radical (unpaired) electrons. The highest BCUT2D eigenvalue weighted by atomic mass is 127. The summed E-state index contributed by atoms with van der Waals surface area (Å²) in [4.78, 5) is 6.43. The van der Waals surface area contributed by atoms with Crippen LogP contribution in [0.5, 0.6) is 0 Å². The summed E-state index contributed by atoms with van der Waals surface area (Å²) >= 11 is 0. The van der Waals surface area contributed by atoms with Crippen molar-refractivity contribution in [3.63, 3.8) is 0 Å². The monoisotopic (exact) mass is 428 g/mol. The van der Waals surface area contributed by atoms with Gasteiger partial charge in [-0.05, 0) is 19.4 Å². The highest BCUT2D eigenvalue weighted by Gasteiger charge is 2.09. The number of aliphatic imine (C=N–C) groups is 1. The summed E-state index contributed by atoms with van der Waals surface area (Å²) in [5.41, 5.74) is 2.53. The van der Waals surface area contributed by atoms with Crippen LogP contribution in [0.25, 0.3) is 0 Å². The van der Waals surface area contributed by atoms with Crippen LogP contribution in [-0.4, -0.2) is 39.7 Å². The lowest BCUT2D eigenvalue weighted by molar-refractivity contribution is 0.474. The zero-order valence-electron chi connectivity index (χ0n) is 14.2. The SMILES string of the molecule is CCn1cnnc1CNC(=NC)N(C)Cc1ccc(C)cc1.I. The summed E-state index contributed by atoms with van der Waals surface area (Å²) in [6, 6.07) is 8.55. The number of halogens is 1. The van der Waals surface area contributed by atoms with E-state index in [4.69, 9.17) is 0 Å². The molecule has 0 unspecified atom stereocenters. The van der Waals surface area contributed by atoms with E-state index in [-0.39, 0.29) is 24.0 Å². The Balaban J connectivity index is 0.00000264. The first-order chi connectivity index (χ1) is 10.6. The van der Waals surface area contributed by atoms with Gasteiger partial charge in [-0.25, -0.2) is 0 Å². The minimum atomic E-state index is 0. The van der Waals surface area contributed by atoms with Gasteiger partial charge < -0.3 is 14.8 Å². The summed E-state index contributed by atoms with van der Waals surface area (Å²) in [5, 5.41) is 11.4. The first-order valence-corrected chi connectivity index (χ1v) is 7.48. The fourth-order valence-electron chi connectivity index (χ4n) is 2.27. The summed E-state index contributed by atoms with van der Waals surface area (Å²) in [7, 11) is 3.82. The predicted molar refractivity (Wildman–Crippen MR) is 104 cm³/mol. The highest BCUT2D eigenvalue weighted by Crippen LogP contribution is 2.06. The molecule has 1 heterocycles. The van der Waals surface area contributed by atoms with Crippen LogP contribution < -0.4 is 5.32 Å². The Hall–Kier alpha value is -1.64. The molecule has 0 aliphatic heterocycles. The van der Waals surface area contributed by atoms with Gasteiger partial charge in [-0.1, -0.05) is 29.8 Å². The Bertz CT molecular complexity index is 620. The van der Waals surface area contributed by atoms with E-state index in [1.165, 1.54) is 11.1 Å². The number of rotatable bonds is 5. The van der Waals surface area contributed by atoms with Crippen LogP contribution in [0.4, 0.5) is 0 Å². The van der Waals surface area contributed by atoms with Crippen molar-refractivity contribution in [2.45, 2.75) is 33.5 Å². The average molecular weight is 428 g/mol. The van der Waals surface area contributed by atoms with Crippen LogP contribution in [0.2, 0.25) is 0 Å². The molecular formula is C16H25IN6. The Morgan fingerprint density at radius 2 is 2.00 bits per heavy atom. The molecule has 126 valence electrons. The fraction of sp³-hybridized carbons (Fsp3) is 0.438. The van der Waals surface area contributed by atoms with Crippen LogP contribution in [-0.2, 0) is 19.6 Å². The Morgan fingerprint density at radius 1 is 1.30 bits per heavy atom. The lowest BCUT2D eigenvalue weighted by Crippen LogP contribution is -2.38. The maximum Gasteiger partial charge on any atom is 0.194 e. The van der Waals surface area contributed by atoms with Crippen LogP contribution >= 0.6 is 24.0 Å². The van der Waals surface area contributed by atoms with E-state index in [0.29, 0.717) is 6.54 Å². The van der Waals surface area contributed by atoms with Crippen molar-refractivity contribution < 1.29 is 0 Å². The van der Waals surface area contributed by atoms with Gasteiger partial charge in [0, 0.05) is 27.2 Å². The van der Waals surface area contributed by atoms with Crippen molar-refractivity contribution >= 4 is 29.9 Å². The van der Waals surface area contributed by atoms with E-state index >= 15 is 0 Å². The zero-order chi connectivity index (χ0) is 15.9. The first kappa shape index (κ1) is 19.4. The van der Waals surface area contributed by atoms with Crippen LogP contribution in [0, 0.1) is 6.92 Å². The molecule has 0 saturated carbocycles. The maximum atomic E-state index is 4.33. The third-order valence-corrected chi connectivity index (χ3v) is 3.55. The highest BCUT2D eigenvalue weighted by molar-refractivity contribution is 14.0. The molecule has 0 amide bonds. The van der Waals surface area contributed by atoms with E-state index in [0.717, 1.165) is 24.9 Å². The Kier molecular flexibility index (Phi) is 8.01. The van der Waals surface area contributed by atoms with Crippen molar-refractivity contribution in [2.75, 3.05) is 14.1 Å². The molecule has 1 aromatic carbocycles.